The van der Waals surface area contributed by atoms with Gasteiger partial charge in [-0.1, -0.05) is 23.7 Å². The summed E-state index contributed by atoms with van der Waals surface area (Å²) < 4.78 is 13.4. The van der Waals surface area contributed by atoms with E-state index in [0.717, 1.165) is 5.56 Å². The standard InChI is InChI=1S/C10H13ClFN/c1-10(2,12)9(13)7-3-5-8(11)6-4-7/h3-6,9H,13H2,1-2H3. The Kier molecular flexibility index (Phi) is 2.94. The predicted octanol–water partition coefficient (Wildman–Crippen LogP) is 3.09. The Morgan fingerprint density at radius 1 is 1.31 bits per heavy atom. The SMILES string of the molecule is CC(C)(F)C(N)c1ccc(Cl)cc1. The first-order valence-corrected chi connectivity index (χ1v) is 4.49. The van der Waals surface area contributed by atoms with Gasteiger partial charge in [0.05, 0.1) is 6.04 Å². The molecule has 72 valence electrons. The van der Waals surface area contributed by atoms with Crippen LogP contribution in [0.25, 0.3) is 0 Å². The second kappa shape index (κ2) is 3.64. The van der Waals surface area contributed by atoms with Gasteiger partial charge in [-0.05, 0) is 31.5 Å². The summed E-state index contributed by atoms with van der Waals surface area (Å²) in [5.41, 5.74) is 5.06. The van der Waals surface area contributed by atoms with Gasteiger partial charge in [-0.15, -0.1) is 0 Å². The minimum Gasteiger partial charge on any atom is -0.321 e. The van der Waals surface area contributed by atoms with E-state index in [4.69, 9.17) is 17.3 Å². The summed E-state index contributed by atoms with van der Waals surface area (Å²) in [7, 11) is 0. The third-order valence-corrected chi connectivity index (χ3v) is 2.22. The average Bonchev–Trinajstić information content (AvgIpc) is 2.03. The minimum absolute atomic E-state index is 0.607. The summed E-state index contributed by atoms with van der Waals surface area (Å²) >= 11 is 5.70. The van der Waals surface area contributed by atoms with Gasteiger partial charge in [0.25, 0.3) is 0 Å². The van der Waals surface area contributed by atoms with Gasteiger partial charge < -0.3 is 5.73 Å². The van der Waals surface area contributed by atoms with E-state index in [9.17, 15) is 4.39 Å². The summed E-state index contributed by atoms with van der Waals surface area (Å²) in [4.78, 5) is 0. The Morgan fingerprint density at radius 3 is 2.15 bits per heavy atom. The highest BCUT2D eigenvalue weighted by Crippen LogP contribution is 2.27. The molecule has 1 atom stereocenters. The van der Waals surface area contributed by atoms with Gasteiger partial charge in [0, 0.05) is 5.02 Å². The Bertz CT molecular complexity index is 276. The van der Waals surface area contributed by atoms with Crippen LogP contribution in [-0.2, 0) is 0 Å². The van der Waals surface area contributed by atoms with Crippen molar-refractivity contribution in [2.24, 2.45) is 5.73 Å². The fraction of sp³-hybridized carbons (Fsp3) is 0.400. The van der Waals surface area contributed by atoms with Crippen LogP contribution in [-0.4, -0.2) is 5.67 Å². The maximum atomic E-state index is 13.4. The third-order valence-electron chi connectivity index (χ3n) is 1.97. The molecule has 0 bridgehead atoms. The van der Waals surface area contributed by atoms with Crippen LogP contribution >= 0.6 is 11.6 Å². The molecule has 0 aromatic heterocycles. The molecule has 13 heavy (non-hydrogen) atoms. The van der Waals surface area contributed by atoms with E-state index in [1.165, 1.54) is 13.8 Å². The molecule has 0 spiro atoms. The molecule has 0 saturated carbocycles. The molecule has 0 aliphatic rings. The number of benzene rings is 1. The number of nitrogens with two attached hydrogens (primary N) is 1. The van der Waals surface area contributed by atoms with E-state index in [1.807, 2.05) is 0 Å². The molecule has 0 aliphatic heterocycles. The molecule has 0 fully saturated rings. The quantitative estimate of drug-likeness (QED) is 0.782. The van der Waals surface area contributed by atoms with Gasteiger partial charge in [0.15, 0.2) is 0 Å². The molecule has 1 nitrogen and oxygen atoms in total. The van der Waals surface area contributed by atoms with E-state index in [2.05, 4.69) is 0 Å². The maximum absolute atomic E-state index is 13.4. The lowest BCUT2D eigenvalue weighted by molar-refractivity contribution is 0.174. The number of rotatable bonds is 2. The predicted molar refractivity (Wildman–Crippen MR) is 53.6 cm³/mol. The average molecular weight is 202 g/mol. The molecular formula is C10H13ClFN. The highest BCUT2D eigenvalue weighted by molar-refractivity contribution is 6.30. The Balaban J connectivity index is 2.90. The molecule has 2 N–H and O–H groups in total. The third kappa shape index (κ3) is 2.68. The van der Waals surface area contributed by atoms with Crippen LogP contribution in [0.5, 0.6) is 0 Å². The summed E-state index contributed by atoms with van der Waals surface area (Å²) in [6.07, 6.45) is 0. The van der Waals surface area contributed by atoms with E-state index in [1.54, 1.807) is 24.3 Å². The van der Waals surface area contributed by atoms with Crippen molar-refractivity contribution >= 4 is 11.6 Å². The zero-order valence-electron chi connectivity index (χ0n) is 7.72. The smallest absolute Gasteiger partial charge is 0.124 e. The lowest BCUT2D eigenvalue weighted by Gasteiger charge is -2.23. The van der Waals surface area contributed by atoms with Crippen molar-refractivity contribution in [2.75, 3.05) is 0 Å². The van der Waals surface area contributed by atoms with E-state index >= 15 is 0 Å². The fourth-order valence-electron chi connectivity index (χ4n) is 1.07. The number of hydrogen-bond acceptors (Lipinski definition) is 1. The Morgan fingerprint density at radius 2 is 1.77 bits per heavy atom. The van der Waals surface area contributed by atoms with Gasteiger partial charge >= 0.3 is 0 Å². The van der Waals surface area contributed by atoms with Gasteiger partial charge in [0.2, 0.25) is 0 Å². The normalized spacial score (nSPS) is 14.2. The number of halogens is 2. The Hall–Kier alpha value is -0.600. The van der Waals surface area contributed by atoms with Gasteiger partial charge in [-0.2, -0.15) is 0 Å². The molecule has 0 saturated heterocycles. The minimum atomic E-state index is -1.41. The van der Waals surface area contributed by atoms with Crippen LogP contribution in [0.3, 0.4) is 0 Å². The highest BCUT2D eigenvalue weighted by Gasteiger charge is 2.26. The molecule has 1 unspecified atom stereocenters. The Labute approximate surface area is 82.7 Å². The van der Waals surface area contributed by atoms with Crippen molar-refractivity contribution in [3.63, 3.8) is 0 Å². The van der Waals surface area contributed by atoms with E-state index in [0.29, 0.717) is 5.02 Å². The van der Waals surface area contributed by atoms with Gasteiger partial charge in [-0.25, -0.2) is 4.39 Å². The number of alkyl halides is 1. The van der Waals surface area contributed by atoms with Crippen molar-refractivity contribution < 1.29 is 4.39 Å². The van der Waals surface area contributed by atoms with Crippen LogP contribution in [0.4, 0.5) is 4.39 Å². The molecule has 1 aromatic carbocycles. The summed E-state index contributed by atoms with van der Waals surface area (Å²) in [5, 5.41) is 0.632. The first kappa shape index (κ1) is 10.5. The lowest BCUT2D eigenvalue weighted by Crippen LogP contribution is -2.30. The monoisotopic (exact) mass is 201 g/mol. The highest BCUT2D eigenvalue weighted by atomic mass is 35.5. The van der Waals surface area contributed by atoms with Gasteiger partial charge in [-0.3, -0.25) is 0 Å². The molecule has 0 heterocycles. The largest absolute Gasteiger partial charge is 0.321 e. The van der Waals surface area contributed by atoms with Crippen LogP contribution < -0.4 is 5.73 Å². The van der Waals surface area contributed by atoms with Crippen molar-refractivity contribution in [3.05, 3.63) is 34.9 Å². The van der Waals surface area contributed by atoms with Crippen LogP contribution in [0, 0.1) is 0 Å². The topological polar surface area (TPSA) is 26.0 Å². The van der Waals surface area contributed by atoms with Crippen molar-refractivity contribution in [2.45, 2.75) is 25.6 Å². The molecule has 0 radical (unpaired) electrons. The molecule has 1 aromatic rings. The number of hydrogen-bond donors (Lipinski definition) is 1. The second-order valence-corrected chi connectivity index (χ2v) is 4.03. The summed E-state index contributed by atoms with van der Waals surface area (Å²) in [5.74, 6) is 0. The van der Waals surface area contributed by atoms with Crippen molar-refractivity contribution in [1.82, 2.24) is 0 Å². The molecule has 0 amide bonds. The van der Waals surface area contributed by atoms with Crippen molar-refractivity contribution in [1.29, 1.82) is 0 Å². The maximum Gasteiger partial charge on any atom is 0.124 e. The molecule has 3 heteroatoms. The lowest BCUT2D eigenvalue weighted by atomic mass is 9.94. The van der Waals surface area contributed by atoms with E-state index < -0.39 is 11.7 Å². The van der Waals surface area contributed by atoms with Crippen molar-refractivity contribution in [3.8, 4) is 0 Å². The summed E-state index contributed by atoms with van der Waals surface area (Å²) in [6, 6.07) is 6.30. The van der Waals surface area contributed by atoms with Gasteiger partial charge in [0.1, 0.15) is 5.67 Å². The first-order valence-electron chi connectivity index (χ1n) is 4.11. The summed E-state index contributed by atoms with van der Waals surface area (Å²) in [6.45, 7) is 2.93. The molecule has 0 aliphatic carbocycles. The van der Waals surface area contributed by atoms with E-state index in [-0.39, 0.29) is 0 Å². The van der Waals surface area contributed by atoms with Crippen LogP contribution in [0.1, 0.15) is 25.5 Å². The van der Waals surface area contributed by atoms with Crippen LogP contribution in [0.2, 0.25) is 5.02 Å². The first-order chi connectivity index (χ1) is 5.91. The van der Waals surface area contributed by atoms with Crippen LogP contribution in [0.15, 0.2) is 24.3 Å². The zero-order chi connectivity index (χ0) is 10.1. The molecular weight excluding hydrogens is 189 g/mol. The second-order valence-electron chi connectivity index (χ2n) is 3.59. The molecule has 1 rings (SSSR count). The zero-order valence-corrected chi connectivity index (χ0v) is 8.48. The fourth-order valence-corrected chi connectivity index (χ4v) is 1.19.